The summed E-state index contributed by atoms with van der Waals surface area (Å²) < 4.78 is 0. The predicted octanol–water partition coefficient (Wildman–Crippen LogP) is 2.02. The average molecular weight is 299 g/mol. The van der Waals surface area contributed by atoms with Gasteiger partial charge in [0, 0.05) is 24.7 Å². The number of nitrogens with one attached hydrogen (secondary N) is 1. The molecule has 1 saturated heterocycles. The van der Waals surface area contributed by atoms with Gasteiger partial charge in [-0.2, -0.15) is 0 Å². The van der Waals surface area contributed by atoms with Gasteiger partial charge in [0.1, 0.15) is 0 Å². The first-order valence-electron chi connectivity index (χ1n) is 7.72. The van der Waals surface area contributed by atoms with Crippen molar-refractivity contribution >= 4 is 22.5 Å². The van der Waals surface area contributed by atoms with E-state index < -0.39 is 0 Å². The third-order valence-electron chi connectivity index (χ3n) is 4.33. The van der Waals surface area contributed by atoms with Crippen molar-refractivity contribution in [1.29, 1.82) is 0 Å². The first-order valence-corrected chi connectivity index (χ1v) is 7.72. The van der Waals surface area contributed by atoms with Crippen LogP contribution in [-0.4, -0.2) is 46.1 Å². The Balaban J connectivity index is 1.73. The summed E-state index contributed by atoms with van der Waals surface area (Å²) in [5.74, 6) is -0.0206. The Bertz CT molecular complexity index is 661. The van der Waals surface area contributed by atoms with Crippen LogP contribution in [0.3, 0.4) is 0 Å². The number of aromatic nitrogens is 1. The van der Waals surface area contributed by atoms with Crippen LogP contribution < -0.4 is 5.32 Å². The van der Waals surface area contributed by atoms with Crippen molar-refractivity contribution in [3.63, 3.8) is 0 Å². The molecule has 1 aromatic heterocycles. The lowest BCUT2D eigenvalue weighted by Crippen LogP contribution is -2.47. The zero-order valence-electron chi connectivity index (χ0n) is 12.7. The number of nitrogens with zero attached hydrogens (tertiary/aromatic N) is 2. The minimum atomic E-state index is -0.226. The summed E-state index contributed by atoms with van der Waals surface area (Å²) in [5, 5.41) is 13.5. The van der Waals surface area contributed by atoms with E-state index in [1.54, 1.807) is 6.20 Å². The number of anilines is 1. The molecule has 1 aromatic carbocycles. The SMILES string of the molecule is C[C@H](C(=O)Nc1cccc2ncccc12)N1CCC(O)CC1. The number of hydrogen-bond donors (Lipinski definition) is 2. The van der Waals surface area contributed by atoms with E-state index in [9.17, 15) is 9.90 Å². The number of likely N-dealkylation sites (tertiary alicyclic amines) is 1. The van der Waals surface area contributed by atoms with E-state index in [1.807, 2.05) is 37.3 Å². The molecule has 2 heterocycles. The van der Waals surface area contributed by atoms with Crippen LogP contribution in [0.4, 0.5) is 5.69 Å². The molecule has 2 N–H and O–H groups in total. The van der Waals surface area contributed by atoms with Gasteiger partial charge in [-0.05, 0) is 44.0 Å². The van der Waals surface area contributed by atoms with Crippen molar-refractivity contribution in [3.05, 3.63) is 36.5 Å². The number of pyridine rings is 1. The molecule has 5 nitrogen and oxygen atoms in total. The topological polar surface area (TPSA) is 65.5 Å². The van der Waals surface area contributed by atoms with Crippen LogP contribution in [0.25, 0.3) is 10.9 Å². The third kappa shape index (κ3) is 3.10. The van der Waals surface area contributed by atoms with E-state index in [4.69, 9.17) is 0 Å². The van der Waals surface area contributed by atoms with Crippen molar-refractivity contribution < 1.29 is 9.90 Å². The Morgan fingerprint density at radius 2 is 2.09 bits per heavy atom. The number of fused-ring (bicyclic) bond motifs is 1. The van der Waals surface area contributed by atoms with Crippen molar-refractivity contribution in [2.45, 2.75) is 31.9 Å². The molecule has 0 bridgehead atoms. The van der Waals surface area contributed by atoms with E-state index >= 15 is 0 Å². The van der Waals surface area contributed by atoms with Gasteiger partial charge in [0.15, 0.2) is 0 Å². The fraction of sp³-hybridized carbons (Fsp3) is 0.412. The van der Waals surface area contributed by atoms with Gasteiger partial charge < -0.3 is 10.4 Å². The van der Waals surface area contributed by atoms with Gasteiger partial charge in [0.25, 0.3) is 0 Å². The standard InChI is InChI=1S/C17H21N3O2/c1-12(20-10-7-13(21)8-11-20)17(22)19-16-6-2-5-15-14(16)4-3-9-18-15/h2-6,9,12-13,21H,7-8,10-11H2,1H3,(H,19,22)/t12-/m1/s1. The summed E-state index contributed by atoms with van der Waals surface area (Å²) in [5.41, 5.74) is 1.66. The molecule has 3 rings (SSSR count). The lowest BCUT2D eigenvalue weighted by atomic mass is 10.1. The van der Waals surface area contributed by atoms with E-state index in [0.29, 0.717) is 0 Å². The van der Waals surface area contributed by atoms with Gasteiger partial charge in [0.05, 0.1) is 23.3 Å². The van der Waals surface area contributed by atoms with E-state index in [1.165, 1.54) is 0 Å². The van der Waals surface area contributed by atoms with Crippen LogP contribution in [0.2, 0.25) is 0 Å². The second-order valence-electron chi connectivity index (χ2n) is 5.81. The number of aliphatic hydroxyl groups excluding tert-OH is 1. The summed E-state index contributed by atoms with van der Waals surface area (Å²) in [6.07, 6.45) is 2.98. The van der Waals surface area contributed by atoms with Gasteiger partial charge in [-0.1, -0.05) is 6.07 Å². The van der Waals surface area contributed by atoms with Gasteiger partial charge in [-0.25, -0.2) is 0 Å². The molecular weight excluding hydrogens is 278 g/mol. The first kappa shape index (κ1) is 14.9. The summed E-state index contributed by atoms with van der Waals surface area (Å²) in [7, 11) is 0. The number of carbonyl (C=O) groups is 1. The lowest BCUT2D eigenvalue weighted by Gasteiger charge is -2.33. The minimum absolute atomic E-state index is 0.0206. The zero-order chi connectivity index (χ0) is 15.5. The summed E-state index contributed by atoms with van der Waals surface area (Å²) in [6, 6.07) is 9.34. The summed E-state index contributed by atoms with van der Waals surface area (Å²) in [4.78, 5) is 18.9. The molecule has 0 unspecified atom stereocenters. The largest absolute Gasteiger partial charge is 0.393 e. The van der Waals surface area contributed by atoms with Crippen LogP contribution in [0.5, 0.6) is 0 Å². The maximum Gasteiger partial charge on any atom is 0.241 e. The van der Waals surface area contributed by atoms with Crippen LogP contribution >= 0.6 is 0 Å². The Labute approximate surface area is 130 Å². The number of hydrogen-bond acceptors (Lipinski definition) is 4. The monoisotopic (exact) mass is 299 g/mol. The molecule has 1 aliphatic rings. The Kier molecular flexibility index (Phi) is 4.36. The van der Waals surface area contributed by atoms with Crippen molar-refractivity contribution in [2.24, 2.45) is 0 Å². The number of piperidine rings is 1. The molecule has 0 saturated carbocycles. The molecule has 0 radical (unpaired) electrons. The molecule has 116 valence electrons. The number of carbonyl (C=O) groups excluding carboxylic acids is 1. The van der Waals surface area contributed by atoms with E-state index in [2.05, 4.69) is 15.2 Å². The number of aliphatic hydroxyl groups is 1. The van der Waals surface area contributed by atoms with E-state index in [-0.39, 0.29) is 18.1 Å². The highest BCUT2D eigenvalue weighted by atomic mass is 16.3. The molecule has 2 aromatic rings. The highest BCUT2D eigenvalue weighted by Gasteiger charge is 2.25. The van der Waals surface area contributed by atoms with Gasteiger partial charge in [0.2, 0.25) is 5.91 Å². The highest BCUT2D eigenvalue weighted by molar-refractivity contribution is 6.02. The van der Waals surface area contributed by atoms with Gasteiger partial charge in [-0.15, -0.1) is 0 Å². The zero-order valence-corrected chi connectivity index (χ0v) is 12.7. The van der Waals surface area contributed by atoms with Gasteiger partial charge in [-0.3, -0.25) is 14.7 Å². The molecule has 5 heteroatoms. The van der Waals surface area contributed by atoms with Crippen molar-refractivity contribution in [1.82, 2.24) is 9.88 Å². The maximum atomic E-state index is 12.5. The molecule has 0 aliphatic carbocycles. The predicted molar refractivity (Wildman–Crippen MR) is 86.6 cm³/mol. The van der Waals surface area contributed by atoms with Gasteiger partial charge >= 0.3 is 0 Å². The maximum absolute atomic E-state index is 12.5. The van der Waals surface area contributed by atoms with Crippen molar-refractivity contribution in [3.8, 4) is 0 Å². The summed E-state index contributed by atoms with van der Waals surface area (Å²) in [6.45, 7) is 3.43. The number of rotatable bonds is 3. The average Bonchev–Trinajstić information content (AvgIpc) is 2.55. The number of benzene rings is 1. The second kappa shape index (κ2) is 6.42. The Morgan fingerprint density at radius 1 is 1.32 bits per heavy atom. The first-order chi connectivity index (χ1) is 10.6. The summed E-state index contributed by atoms with van der Waals surface area (Å²) >= 11 is 0. The van der Waals surface area contributed by atoms with Crippen LogP contribution in [-0.2, 0) is 4.79 Å². The molecule has 0 spiro atoms. The third-order valence-corrected chi connectivity index (χ3v) is 4.33. The van der Waals surface area contributed by atoms with Crippen molar-refractivity contribution in [2.75, 3.05) is 18.4 Å². The fourth-order valence-corrected chi connectivity index (χ4v) is 2.89. The van der Waals surface area contributed by atoms with Crippen LogP contribution in [0.15, 0.2) is 36.5 Å². The lowest BCUT2D eigenvalue weighted by molar-refractivity contribution is -0.121. The normalized spacial score (nSPS) is 18.3. The Hall–Kier alpha value is -1.98. The fourth-order valence-electron chi connectivity index (χ4n) is 2.89. The molecule has 1 amide bonds. The van der Waals surface area contributed by atoms with Crippen LogP contribution in [0.1, 0.15) is 19.8 Å². The smallest absolute Gasteiger partial charge is 0.241 e. The number of amides is 1. The van der Waals surface area contributed by atoms with E-state index in [0.717, 1.165) is 42.5 Å². The quantitative estimate of drug-likeness (QED) is 0.910. The molecule has 1 aliphatic heterocycles. The molecule has 1 atom stereocenters. The van der Waals surface area contributed by atoms with Crippen LogP contribution in [0, 0.1) is 0 Å². The Morgan fingerprint density at radius 3 is 2.86 bits per heavy atom. The second-order valence-corrected chi connectivity index (χ2v) is 5.81. The molecule has 22 heavy (non-hydrogen) atoms. The minimum Gasteiger partial charge on any atom is -0.393 e. The highest BCUT2D eigenvalue weighted by Crippen LogP contribution is 2.22. The molecule has 1 fully saturated rings. The molecular formula is C17H21N3O2.